The standard InChI is InChI=1S/C11H10F3NO2/c12-11(13,14)7-2-1-6-4-15-5-9(10(16)17)8(6)3-7/h1-3,9,15H,4-5H2,(H,16,17). The lowest BCUT2D eigenvalue weighted by Gasteiger charge is -2.24. The molecule has 0 spiro atoms. The van der Waals surface area contributed by atoms with Crippen LogP contribution < -0.4 is 5.32 Å². The number of aliphatic carboxylic acids is 1. The summed E-state index contributed by atoms with van der Waals surface area (Å²) in [5, 5.41) is 11.8. The average molecular weight is 245 g/mol. The molecule has 0 amide bonds. The van der Waals surface area contributed by atoms with Crippen LogP contribution in [0, 0.1) is 0 Å². The zero-order chi connectivity index (χ0) is 12.6. The lowest BCUT2D eigenvalue weighted by atomic mass is 9.89. The van der Waals surface area contributed by atoms with Gasteiger partial charge >= 0.3 is 12.1 Å². The summed E-state index contributed by atoms with van der Waals surface area (Å²) in [7, 11) is 0. The van der Waals surface area contributed by atoms with Crippen molar-refractivity contribution < 1.29 is 23.1 Å². The molecule has 0 fully saturated rings. The monoisotopic (exact) mass is 245 g/mol. The Kier molecular flexibility index (Phi) is 2.82. The van der Waals surface area contributed by atoms with E-state index >= 15 is 0 Å². The molecule has 6 heteroatoms. The first-order valence-corrected chi connectivity index (χ1v) is 5.03. The van der Waals surface area contributed by atoms with Crippen LogP contribution in [0.1, 0.15) is 22.6 Å². The summed E-state index contributed by atoms with van der Waals surface area (Å²) in [6, 6.07) is 3.25. The van der Waals surface area contributed by atoms with Crippen molar-refractivity contribution in [1.29, 1.82) is 0 Å². The molecule has 1 aliphatic rings. The number of alkyl halides is 3. The van der Waals surface area contributed by atoms with Crippen molar-refractivity contribution in [2.24, 2.45) is 0 Å². The molecule has 1 aliphatic heterocycles. The van der Waals surface area contributed by atoms with Crippen molar-refractivity contribution in [3.8, 4) is 0 Å². The van der Waals surface area contributed by atoms with Gasteiger partial charge in [0.05, 0.1) is 11.5 Å². The van der Waals surface area contributed by atoms with Gasteiger partial charge in [-0.05, 0) is 23.3 Å². The van der Waals surface area contributed by atoms with E-state index in [2.05, 4.69) is 5.32 Å². The van der Waals surface area contributed by atoms with E-state index in [1.807, 2.05) is 0 Å². The number of hydrogen-bond donors (Lipinski definition) is 2. The summed E-state index contributed by atoms with van der Waals surface area (Å²) >= 11 is 0. The molecule has 2 N–H and O–H groups in total. The van der Waals surface area contributed by atoms with E-state index in [0.717, 1.165) is 12.1 Å². The number of hydrogen-bond acceptors (Lipinski definition) is 2. The lowest BCUT2D eigenvalue weighted by Crippen LogP contribution is -2.32. The Morgan fingerprint density at radius 2 is 2.12 bits per heavy atom. The van der Waals surface area contributed by atoms with Crippen LogP contribution >= 0.6 is 0 Å². The molecule has 2 rings (SSSR count). The van der Waals surface area contributed by atoms with Gasteiger partial charge in [0.2, 0.25) is 0 Å². The highest BCUT2D eigenvalue weighted by molar-refractivity contribution is 5.77. The average Bonchev–Trinajstić information content (AvgIpc) is 2.26. The summed E-state index contributed by atoms with van der Waals surface area (Å²) in [6.07, 6.45) is -4.44. The SMILES string of the molecule is O=C(O)C1CNCc2ccc(C(F)(F)F)cc21. The van der Waals surface area contributed by atoms with Gasteiger partial charge < -0.3 is 10.4 Å². The summed E-state index contributed by atoms with van der Waals surface area (Å²) in [5.41, 5.74) is 0.0622. The third-order valence-corrected chi connectivity index (χ3v) is 2.81. The van der Waals surface area contributed by atoms with E-state index in [9.17, 15) is 18.0 Å². The fourth-order valence-electron chi connectivity index (χ4n) is 1.94. The van der Waals surface area contributed by atoms with Crippen LogP contribution in [0.25, 0.3) is 0 Å². The zero-order valence-electron chi connectivity index (χ0n) is 8.71. The van der Waals surface area contributed by atoms with E-state index < -0.39 is 23.6 Å². The van der Waals surface area contributed by atoms with Crippen LogP contribution in [0.2, 0.25) is 0 Å². The topological polar surface area (TPSA) is 49.3 Å². The Hall–Kier alpha value is -1.56. The highest BCUT2D eigenvalue weighted by Gasteiger charge is 2.33. The summed E-state index contributed by atoms with van der Waals surface area (Å²) in [6.45, 7) is 0.556. The third kappa shape index (κ3) is 2.26. The van der Waals surface area contributed by atoms with Crippen LogP contribution in [-0.4, -0.2) is 17.6 Å². The first kappa shape index (κ1) is 11.9. The van der Waals surface area contributed by atoms with Crippen LogP contribution in [0.5, 0.6) is 0 Å². The molecule has 0 bridgehead atoms. The molecule has 1 atom stereocenters. The minimum atomic E-state index is -4.44. The van der Waals surface area contributed by atoms with Crippen molar-refractivity contribution in [2.75, 3.05) is 6.54 Å². The smallest absolute Gasteiger partial charge is 0.416 e. The van der Waals surface area contributed by atoms with Gasteiger partial charge in [0.25, 0.3) is 0 Å². The second-order valence-electron chi connectivity index (χ2n) is 3.93. The lowest BCUT2D eigenvalue weighted by molar-refractivity contribution is -0.140. The largest absolute Gasteiger partial charge is 0.481 e. The zero-order valence-corrected chi connectivity index (χ0v) is 8.71. The molecule has 92 valence electrons. The Morgan fingerprint density at radius 3 is 2.71 bits per heavy atom. The molecule has 0 saturated carbocycles. The van der Waals surface area contributed by atoms with E-state index in [0.29, 0.717) is 12.1 Å². The predicted octanol–water partition coefficient (Wildman–Crippen LogP) is 1.98. The molecule has 17 heavy (non-hydrogen) atoms. The van der Waals surface area contributed by atoms with Gasteiger partial charge in [0.1, 0.15) is 0 Å². The predicted molar refractivity (Wildman–Crippen MR) is 53.5 cm³/mol. The number of carbonyl (C=O) groups is 1. The molecule has 0 radical (unpaired) electrons. The summed E-state index contributed by atoms with van der Waals surface area (Å²) in [4.78, 5) is 11.0. The quantitative estimate of drug-likeness (QED) is 0.795. The maximum absolute atomic E-state index is 12.5. The fourth-order valence-corrected chi connectivity index (χ4v) is 1.94. The Balaban J connectivity index is 2.48. The molecule has 1 aromatic carbocycles. The number of carboxylic acids is 1. The van der Waals surface area contributed by atoms with E-state index in [-0.39, 0.29) is 12.1 Å². The van der Waals surface area contributed by atoms with E-state index in [1.165, 1.54) is 6.07 Å². The first-order chi connectivity index (χ1) is 7.89. The molecule has 1 unspecified atom stereocenters. The van der Waals surface area contributed by atoms with Crippen LogP contribution in [-0.2, 0) is 17.5 Å². The number of halogens is 3. The molecule has 0 saturated heterocycles. The maximum atomic E-state index is 12.5. The first-order valence-electron chi connectivity index (χ1n) is 5.03. The van der Waals surface area contributed by atoms with Gasteiger partial charge in [-0.15, -0.1) is 0 Å². The van der Waals surface area contributed by atoms with Crippen LogP contribution in [0.4, 0.5) is 13.2 Å². The van der Waals surface area contributed by atoms with Crippen molar-refractivity contribution in [2.45, 2.75) is 18.6 Å². The van der Waals surface area contributed by atoms with E-state index in [4.69, 9.17) is 5.11 Å². The summed E-state index contributed by atoms with van der Waals surface area (Å²) in [5.74, 6) is -2.03. The number of rotatable bonds is 1. The molecular formula is C11H10F3NO2. The van der Waals surface area contributed by atoms with Gasteiger partial charge in [-0.25, -0.2) is 0 Å². The fraction of sp³-hybridized carbons (Fsp3) is 0.364. The van der Waals surface area contributed by atoms with Crippen molar-refractivity contribution >= 4 is 5.97 Å². The molecule has 0 aromatic heterocycles. The Bertz CT molecular complexity index is 457. The Morgan fingerprint density at radius 1 is 1.41 bits per heavy atom. The van der Waals surface area contributed by atoms with Gasteiger partial charge in [-0.2, -0.15) is 13.2 Å². The normalized spacial score (nSPS) is 19.8. The highest BCUT2D eigenvalue weighted by atomic mass is 19.4. The number of nitrogens with one attached hydrogen (secondary N) is 1. The number of fused-ring (bicyclic) bond motifs is 1. The van der Waals surface area contributed by atoms with E-state index in [1.54, 1.807) is 0 Å². The second kappa shape index (κ2) is 4.03. The highest BCUT2D eigenvalue weighted by Crippen LogP contribution is 2.33. The van der Waals surface area contributed by atoms with Crippen LogP contribution in [0.3, 0.4) is 0 Å². The van der Waals surface area contributed by atoms with Crippen LogP contribution in [0.15, 0.2) is 18.2 Å². The molecular weight excluding hydrogens is 235 g/mol. The molecule has 0 aliphatic carbocycles. The van der Waals surface area contributed by atoms with Gasteiger partial charge in [-0.1, -0.05) is 6.07 Å². The van der Waals surface area contributed by atoms with Crippen molar-refractivity contribution in [3.05, 3.63) is 34.9 Å². The maximum Gasteiger partial charge on any atom is 0.416 e. The molecule has 1 heterocycles. The Labute approximate surface area is 95.3 Å². The second-order valence-corrected chi connectivity index (χ2v) is 3.93. The molecule has 1 aromatic rings. The minimum Gasteiger partial charge on any atom is -0.481 e. The third-order valence-electron chi connectivity index (χ3n) is 2.81. The van der Waals surface area contributed by atoms with Gasteiger partial charge in [0.15, 0.2) is 0 Å². The minimum absolute atomic E-state index is 0.156. The number of benzene rings is 1. The van der Waals surface area contributed by atoms with Crippen molar-refractivity contribution in [1.82, 2.24) is 5.32 Å². The molecule has 3 nitrogen and oxygen atoms in total. The number of carboxylic acid groups (broad SMARTS) is 1. The van der Waals surface area contributed by atoms with Gasteiger partial charge in [-0.3, -0.25) is 4.79 Å². The van der Waals surface area contributed by atoms with Gasteiger partial charge in [0, 0.05) is 13.1 Å². The van der Waals surface area contributed by atoms with Crippen molar-refractivity contribution in [3.63, 3.8) is 0 Å². The summed E-state index contributed by atoms with van der Waals surface area (Å²) < 4.78 is 37.6.